The Kier molecular flexibility index (Phi) is 10.7. The third-order valence-electron chi connectivity index (χ3n) is 7.13. The second-order valence-electron chi connectivity index (χ2n) is 9.91. The molecule has 0 saturated carbocycles. The van der Waals surface area contributed by atoms with Crippen LogP contribution < -0.4 is 20.1 Å². The molecule has 224 valence electrons. The number of halogens is 2. The molecule has 0 unspecified atom stereocenters. The van der Waals surface area contributed by atoms with Gasteiger partial charge in [-0.1, -0.05) is 47.5 Å². The Balaban J connectivity index is 1.30. The van der Waals surface area contributed by atoms with Crippen LogP contribution in [0.1, 0.15) is 34.3 Å². The van der Waals surface area contributed by atoms with Crippen LogP contribution in [-0.4, -0.2) is 58.4 Å². The summed E-state index contributed by atoms with van der Waals surface area (Å²) in [6.07, 6.45) is 1.31. The molecule has 0 aliphatic carbocycles. The molecule has 4 rings (SSSR count). The monoisotopic (exact) mass is 633 g/mol. The molecule has 2 N–H and O–H groups in total. The Labute approximate surface area is 256 Å². The van der Waals surface area contributed by atoms with Gasteiger partial charge in [-0.2, -0.15) is 0 Å². The molecule has 3 aromatic carbocycles. The average Bonchev–Trinajstić information content (AvgIpc) is 2.99. The molecule has 0 atom stereocenters. The molecule has 1 heterocycles. The Bertz CT molecular complexity index is 1540. The number of anilines is 1. The smallest absolute Gasteiger partial charge is 0.253 e. The van der Waals surface area contributed by atoms with Crippen molar-refractivity contribution in [1.29, 1.82) is 0 Å². The van der Waals surface area contributed by atoms with Crippen LogP contribution in [-0.2, 0) is 27.0 Å². The van der Waals surface area contributed by atoms with E-state index in [2.05, 4.69) is 10.6 Å². The first-order valence-corrected chi connectivity index (χ1v) is 15.8. The van der Waals surface area contributed by atoms with Crippen molar-refractivity contribution in [3.63, 3.8) is 0 Å². The first-order chi connectivity index (χ1) is 20.1. The third-order valence-corrected chi connectivity index (χ3v) is 9.72. The SMILES string of the molecule is COc1ccc(CCNC(=O)c2ccccc2NC(=O)C2CCN(S(=O)(=O)Cc3ccc(Cl)c(Cl)c3)CC2)cc1OC. The zero-order chi connectivity index (χ0) is 30.3. The lowest BCUT2D eigenvalue weighted by atomic mass is 9.97. The van der Waals surface area contributed by atoms with Crippen LogP contribution in [0.5, 0.6) is 11.5 Å². The van der Waals surface area contributed by atoms with Gasteiger partial charge in [0, 0.05) is 25.6 Å². The van der Waals surface area contributed by atoms with Crippen LogP contribution in [0.15, 0.2) is 60.7 Å². The molecule has 0 aromatic heterocycles. The lowest BCUT2D eigenvalue weighted by molar-refractivity contribution is -0.120. The van der Waals surface area contributed by atoms with Gasteiger partial charge in [0.2, 0.25) is 15.9 Å². The summed E-state index contributed by atoms with van der Waals surface area (Å²) >= 11 is 12.0. The number of hydrogen-bond donors (Lipinski definition) is 2. The maximum Gasteiger partial charge on any atom is 0.253 e. The zero-order valence-corrected chi connectivity index (χ0v) is 25.7. The molecule has 9 nitrogen and oxygen atoms in total. The fourth-order valence-corrected chi connectivity index (χ4v) is 6.68. The number of carbonyl (C=O) groups is 2. The second kappa shape index (κ2) is 14.2. The maximum absolute atomic E-state index is 13.1. The van der Waals surface area contributed by atoms with Crippen LogP contribution in [0, 0.1) is 5.92 Å². The van der Waals surface area contributed by atoms with Gasteiger partial charge in [0.25, 0.3) is 5.91 Å². The van der Waals surface area contributed by atoms with Crippen LogP contribution in [0.3, 0.4) is 0 Å². The van der Waals surface area contributed by atoms with E-state index >= 15 is 0 Å². The van der Waals surface area contributed by atoms with Crippen molar-refractivity contribution in [3.8, 4) is 11.5 Å². The van der Waals surface area contributed by atoms with Crippen molar-refractivity contribution in [1.82, 2.24) is 9.62 Å². The van der Waals surface area contributed by atoms with E-state index in [1.54, 1.807) is 56.7 Å². The largest absolute Gasteiger partial charge is 0.493 e. The Hall–Kier alpha value is -3.31. The number of benzene rings is 3. The highest BCUT2D eigenvalue weighted by atomic mass is 35.5. The number of rotatable bonds is 11. The molecule has 0 radical (unpaired) electrons. The standard InChI is InChI=1S/C30H33Cl2N3O6S/c1-40-27-10-8-20(18-28(27)41-2)11-14-33-30(37)23-5-3-4-6-26(23)34-29(36)22-12-15-35(16-13-22)42(38,39)19-21-7-9-24(31)25(32)17-21/h3-10,17-18,22H,11-16,19H2,1-2H3,(H,33,37)(H,34,36). The summed E-state index contributed by atoms with van der Waals surface area (Å²) in [4.78, 5) is 26.1. The molecule has 12 heteroatoms. The van der Waals surface area contributed by atoms with E-state index in [4.69, 9.17) is 32.7 Å². The number of ether oxygens (including phenoxy) is 2. The van der Waals surface area contributed by atoms with E-state index < -0.39 is 10.0 Å². The van der Waals surface area contributed by atoms with E-state index in [0.29, 0.717) is 64.2 Å². The fraction of sp³-hybridized carbons (Fsp3) is 0.333. The van der Waals surface area contributed by atoms with Gasteiger partial charge in [-0.15, -0.1) is 0 Å². The lowest BCUT2D eigenvalue weighted by Gasteiger charge is -2.30. The second-order valence-corrected chi connectivity index (χ2v) is 12.7. The van der Waals surface area contributed by atoms with Crippen molar-refractivity contribution in [2.24, 2.45) is 5.92 Å². The van der Waals surface area contributed by atoms with Crippen molar-refractivity contribution in [2.45, 2.75) is 25.0 Å². The number of amides is 2. The Morgan fingerprint density at radius 1 is 0.905 bits per heavy atom. The topological polar surface area (TPSA) is 114 Å². The molecule has 3 aromatic rings. The highest BCUT2D eigenvalue weighted by Gasteiger charge is 2.31. The van der Waals surface area contributed by atoms with E-state index in [9.17, 15) is 18.0 Å². The number of sulfonamides is 1. The minimum atomic E-state index is -3.59. The Morgan fingerprint density at radius 2 is 1.60 bits per heavy atom. The molecule has 1 fully saturated rings. The number of piperidine rings is 1. The predicted molar refractivity (Wildman–Crippen MR) is 164 cm³/mol. The summed E-state index contributed by atoms with van der Waals surface area (Å²) in [5.74, 6) is 0.101. The molecule has 0 bridgehead atoms. The molecular formula is C30H33Cl2N3O6S. The Morgan fingerprint density at radius 3 is 2.29 bits per heavy atom. The first kappa shape index (κ1) is 31.6. The number of nitrogens with one attached hydrogen (secondary N) is 2. The van der Waals surface area contributed by atoms with Gasteiger partial charge < -0.3 is 20.1 Å². The molecule has 1 aliphatic heterocycles. The number of hydrogen-bond acceptors (Lipinski definition) is 6. The molecule has 0 spiro atoms. The van der Waals surface area contributed by atoms with E-state index in [0.717, 1.165) is 5.56 Å². The summed E-state index contributed by atoms with van der Waals surface area (Å²) < 4.78 is 37.9. The lowest BCUT2D eigenvalue weighted by Crippen LogP contribution is -2.42. The molecule has 2 amide bonds. The summed E-state index contributed by atoms with van der Waals surface area (Å²) in [6.45, 7) is 0.825. The normalized spacial score (nSPS) is 14.3. The van der Waals surface area contributed by atoms with Crippen molar-refractivity contribution >= 4 is 50.7 Å². The average molecular weight is 635 g/mol. The first-order valence-electron chi connectivity index (χ1n) is 13.4. The van der Waals surface area contributed by atoms with Gasteiger partial charge in [-0.3, -0.25) is 9.59 Å². The highest BCUT2D eigenvalue weighted by Crippen LogP contribution is 2.28. The van der Waals surface area contributed by atoms with E-state index in [1.807, 2.05) is 18.2 Å². The van der Waals surface area contributed by atoms with Gasteiger partial charge in [-0.25, -0.2) is 12.7 Å². The quantitative estimate of drug-likeness (QED) is 0.301. The predicted octanol–water partition coefficient (Wildman–Crippen LogP) is 5.16. The van der Waals surface area contributed by atoms with E-state index in [-0.39, 0.29) is 36.6 Å². The van der Waals surface area contributed by atoms with Gasteiger partial charge >= 0.3 is 0 Å². The zero-order valence-electron chi connectivity index (χ0n) is 23.4. The number of carbonyl (C=O) groups excluding carboxylic acids is 2. The molecule has 1 aliphatic rings. The van der Waals surface area contributed by atoms with Gasteiger partial charge in [0.05, 0.1) is 41.3 Å². The number of nitrogens with zero attached hydrogens (tertiary/aromatic N) is 1. The van der Waals surface area contributed by atoms with Crippen LogP contribution in [0.4, 0.5) is 5.69 Å². The molecule has 1 saturated heterocycles. The third kappa shape index (κ3) is 7.95. The van der Waals surface area contributed by atoms with Crippen molar-refractivity contribution in [2.75, 3.05) is 39.2 Å². The minimum absolute atomic E-state index is 0.199. The fourth-order valence-electron chi connectivity index (χ4n) is 4.80. The van der Waals surface area contributed by atoms with E-state index in [1.165, 1.54) is 4.31 Å². The summed E-state index contributed by atoms with van der Waals surface area (Å²) in [6, 6.07) is 17.1. The highest BCUT2D eigenvalue weighted by molar-refractivity contribution is 7.88. The summed E-state index contributed by atoms with van der Waals surface area (Å²) in [5.41, 5.74) is 2.27. The summed E-state index contributed by atoms with van der Waals surface area (Å²) in [5, 5.41) is 6.44. The van der Waals surface area contributed by atoms with Crippen LogP contribution in [0.25, 0.3) is 0 Å². The van der Waals surface area contributed by atoms with Gasteiger partial charge in [0.1, 0.15) is 0 Å². The molecular weight excluding hydrogens is 601 g/mol. The van der Waals surface area contributed by atoms with Crippen LogP contribution >= 0.6 is 23.2 Å². The van der Waals surface area contributed by atoms with Gasteiger partial charge in [-0.05, 0) is 66.8 Å². The van der Waals surface area contributed by atoms with Crippen molar-refractivity contribution < 1.29 is 27.5 Å². The minimum Gasteiger partial charge on any atom is -0.493 e. The van der Waals surface area contributed by atoms with Crippen molar-refractivity contribution in [3.05, 3.63) is 87.4 Å². The van der Waals surface area contributed by atoms with Gasteiger partial charge in [0.15, 0.2) is 11.5 Å². The summed E-state index contributed by atoms with van der Waals surface area (Å²) in [7, 11) is -0.454. The van der Waals surface area contributed by atoms with Crippen LogP contribution in [0.2, 0.25) is 10.0 Å². The number of para-hydroxylation sites is 1. The number of methoxy groups -OCH3 is 2. The molecule has 42 heavy (non-hydrogen) atoms. The maximum atomic E-state index is 13.1.